The number of hydrogen-bond donors (Lipinski definition) is 1. The first-order valence-electron chi connectivity index (χ1n) is 20.0. The van der Waals surface area contributed by atoms with E-state index in [2.05, 4.69) is 38.2 Å². The molecule has 1 rings (SSSR count). The number of carbonyl (C=O) groups excluding carboxylic acids is 2. The van der Waals surface area contributed by atoms with Crippen LogP contribution in [0.1, 0.15) is 194 Å². The number of carbonyl (C=O) groups is 2. The fourth-order valence-electron chi connectivity index (χ4n) is 6.05. The van der Waals surface area contributed by atoms with Crippen LogP contribution in [0, 0.1) is 0 Å². The third-order valence-electron chi connectivity index (χ3n) is 9.12. The maximum Gasteiger partial charge on any atom is 0.332 e. The second kappa shape index (κ2) is 31.5. The van der Waals surface area contributed by atoms with Gasteiger partial charge in [-0.2, -0.15) is 0 Å². The summed E-state index contributed by atoms with van der Waals surface area (Å²) in [5.41, 5.74) is 0. The average molecular weight is 697 g/mol. The van der Waals surface area contributed by atoms with E-state index in [1.807, 2.05) is 0 Å². The van der Waals surface area contributed by atoms with Crippen molar-refractivity contribution in [3.63, 3.8) is 0 Å². The normalized spacial score (nSPS) is 19.7. The predicted molar refractivity (Wildman–Crippen MR) is 199 cm³/mol. The van der Waals surface area contributed by atoms with Crippen LogP contribution in [0.25, 0.3) is 0 Å². The third-order valence-corrected chi connectivity index (χ3v) is 10.5. The second-order valence-corrected chi connectivity index (χ2v) is 15.7. The van der Waals surface area contributed by atoms with Gasteiger partial charge in [-0.15, -0.1) is 0 Å². The molecule has 8 heteroatoms. The van der Waals surface area contributed by atoms with E-state index >= 15 is 0 Å². The van der Waals surface area contributed by atoms with Crippen molar-refractivity contribution in [2.75, 3.05) is 12.8 Å². The Labute approximate surface area is 295 Å². The molecule has 1 aliphatic rings. The Kier molecular flexibility index (Phi) is 29.3. The van der Waals surface area contributed by atoms with Crippen molar-refractivity contribution in [1.29, 1.82) is 0 Å². The number of ether oxygens (including phenoxy) is 2. The Morgan fingerprint density at radius 2 is 0.896 bits per heavy atom. The van der Waals surface area contributed by atoms with Crippen LogP contribution in [0.3, 0.4) is 0 Å². The first-order chi connectivity index (χ1) is 23.4. The van der Waals surface area contributed by atoms with Gasteiger partial charge < -0.3 is 18.9 Å². The Morgan fingerprint density at radius 1 is 0.562 bits per heavy atom. The van der Waals surface area contributed by atoms with Crippen LogP contribution in [0.2, 0.25) is 0 Å². The maximum absolute atomic E-state index is 12.5. The molecular weight excluding hydrogens is 623 g/mol. The van der Waals surface area contributed by atoms with Crippen LogP contribution in [-0.4, -0.2) is 41.8 Å². The van der Waals surface area contributed by atoms with Gasteiger partial charge in [-0.05, 0) is 64.2 Å². The zero-order valence-electron chi connectivity index (χ0n) is 31.0. The molecule has 280 valence electrons. The van der Waals surface area contributed by atoms with Gasteiger partial charge in [-0.3, -0.25) is 14.2 Å². The number of rotatable bonds is 32. The molecule has 7 nitrogen and oxygen atoms in total. The Hall–Kier alpha value is -1.43. The topological polar surface area (TPSA) is 99.1 Å². The van der Waals surface area contributed by atoms with Gasteiger partial charge in [0.25, 0.3) is 0 Å². The monoisotopic (exact) mass is 697 g/mol. The van der Waals surface area contributed by atoms with Crippen LogP contribution < -0.4 is 0 Å². The Bertz CT molecular complexity index is 887. The zero-order chi connectivity index (χ0) is 35.0. The SMILES string of the molecule is CCCCCCCC/C=C\CCCCCCCC(=O)O[C@H]1CP(=O)(O)OC[C@H]1OC(=O)CCCCCCC/C=C\CCCCCCCC. The smallest absolute Gasteiger partial charge is 0.332 e. The Balaban J connectivity index is 2.12. The van der Waals surface area contributed by atoms with Crippen LogP contribution in [-0.2, 0) is 28.2 Å². The first-order valence-corrected chi connectivity index (χ1v) is 21.8. The summed E-state index contributed by atoms with van der Waals surface area (Å²) in [4.78, 5) is 35.0. The van der Waals surface area contributed by atoms with Crippen LogP contribution in [0.5, 0.6) is 0 Å². The lowest BCUT2D eigenvalue weighted by atomic mass is 10.1. The van der Waals surface area contributed by atoms with Crippen molar-refractivity contribution in [2.45, 2.75) is 206 Å². The van der Waals surface area contributed by atoms with E-state index in [0.717, 1.165) is 64.2 Å². The molecule has 48 heavy (non-hydrogen) atoms. The molecule has 0 aromatic carbocycles. The summed E-state index contributed by atoms with van der Waals surface area (Å²) >= 11 is 0. The maximum atomic E-state index is 12.5. The minimum absolute atomic E-state index is 0.239. The van der Waals surface area contributed by atoms with Crippen molar-refractivity contribution in [3.8, 4) is 0 Å². The first kappa shape index (κ1) is 44.6. The molecule has 1 aliphatic heterocycles. The summed E-state index contributed by atoms with van der Waals surface area (Å²) in [5, 5.41) is 0. The molecule has 0 aromatic heterocycles. The van der Waals surface area contributed by atoms with Crippen molar-refractivity contribution >= 4 is 19.5 Å². The summed E-state index contributed by atoms with van der Waals surface area (Å²) in [6.07, 6.45) is 38.4. The summed E-state index contributed by atoms with van der Waals surface area (Å²) in [6, 6.07) is 0. The molecule has 0 spiro atoms. The van der Waals surface area contributed by atoms with E-state index in [4.69, 9.17) is 14.0 Å². The highest BCUT2D eigenvalue weighted by Gasteiger charge is 2.41. The van der Waals surface area contributed by atoms with Gasteiger partial charge in [0, 0.05) is 12.8 Å². The minimum atomic E-state index is -3.88. The molecule has 1 heterocycles. The minimum Gasteiger partial charge on any atom is -0.458 e. The summed E-state index contributed by atoms with van der Waals surface area (Å²) in [5.74, 6) is -0.799. The Morgan fingerprint density at radius 3 is 1.29 bits per heavy atom. The second-order valence-electron chi connectivity index (χ2n) is 13.8. The van der Waals surface area contributed by atoms with Crippen molar-refractivity contribution in [1.82, 2.24) is 0 Å². The van der Waals surface area contributed by atoms with Crippen LogP contribution in [0.4, 0.5) is 0 Å². The van der Waals surface area contributed by atoms with E-state index < -0.39 is 25.8 Å². The lowest BCUT2D eigenvalue weighted by Gasteiger charge is -2.32. The van der Waals surface area contributed by atoms with E-state index in [1.54, 1.807) is 0 Å². The number of hydrogen-bond acceptors (Lipinski definition) is 6. The van der Waals surface area contributed by atoms with Gasteiger partial charge in [0.15, 0.2) is 12.2 Å². The quantitative estimate of drug-likeness (QED) is 0.0323. The highest BCUT2D eigenvalue weighted by Crippen LogP contribution is 2.47. The molecule has 1 unspecified atom stereocenters. The molecule has 0 aromatic rings. The van der Waals surface area contributed by atoms with Crippen molar-refractivity contribution in [3.05, 3.63) is 24.3 Å². The number of esters is 2. The molecule has 1 fully saturated rings. The van der Waals surface area contributed by atoms with Crippen molar-refractivity contribution < 1.29 is 33.0 Å². The highest BCUT2D eigenvalue weighted by molar-refractivity contribution is 7.52. The summed E-state index contributed by atoms with van der Waals surface area (Å²) < 4.78 is 28.3. The summed E-state index contributed by atoms with van der Waals surface area (Å²) in [6.45, 7) is 4.26. The molecule has 3 atom stereocenters. The van der Waals surface area contributed by atoms with Gasteiger partial charge in [-0.25, -0.2) is 0 Å². The average Bonchev–Trinajstić information content (AvgIpc) is 3.05. The molecule has 0 bridgehead atoms. The number of unbranched alkanes of at least 4 members (excludes halogenated alkanes) is 22. The summed E-state index contributed by atoms with van der Waals surface area (Å²) in [7, 11) is -3.88. The lowest BCUT2D eigenvalue weighted by Crippen LogP contribution is -2.44. The van der Waals surface area contributed by atoms with Gasteiger partial charge in [0.1, 0.15) is 0 Å². The highest BCUT2D eigenvalue weighted by atomic mass is 31.2. The molecule has 1 saturated heterocycles. The molecule has 1 N–H and O–H groups in total. The fraction of sp³-hybridized carbons (Fsp3) is 0.850. The lowest BCUT2D eigenvalue weighted by molar-refractivity contribution is -0.171. The van der Waals surface area contributed by atoms with Crippen molar-refractivity contribution in [2.24, 2.45) is 0 Å². The van der Waals surface area contributed by atoms with Gasteiger partial charge >= 0.3 is 19.5 Å². The van der Waals surface area contributed by atoms with E-state index in [1.165, 1.54) is 96.3 Å². The molecule has 0 amide bonds. The van der Waals surface area contributed by atoms with E-state index in [-0.39, 0.29) is 31.6 Å². The van der Waals surface area contributed by atoms with Gasteiger partial charge in [0.05, 0.1) is 12.8 Å². The standard InChI is InChI=1S/C40H73O7P/c1-3-5-7-9-11-13-15-17-19-21-23-25-27-29-31-33-39(41)46-37-35-45-48(43,44)36-38(37)47-40(42)34-32-30-28-26-24-22-20-18-16-14-12-10-8-6-4-2/h17-20,37-38H,3-16,21-36H2,1-2H3,(H,43,44)/b19-17-,20-18-/t37-,38+/m1/s1. The predicted octanol–water partition coefficient (Wildman–Crippen LogP) is 12.1. The molecule has 0 aliphatic carbocycles. The van der Waals surface area contributed by atoms with E-state index in [0.29, 0.717) is 6.42 Å². The van der Waals surface area contributed by atoms with Gasteiger partial charge in [0.2, 0.25) is 0 Å². The third kappa shape index (κ3) is 27.4. The van der Waals surface area contributed by atoms with Crippen LogP contribution >= 0.6 is 7.60 Å². The molecular formula is C40H73O7P. The molecule has 0 radical (unpaired) electrons. The fourth-order valence-corrected chi connectivity index (χ4v) is 7.30. The number of allylic oxidation sites excluding steroid dienone is 4. The van der Waals surface area contributed by atoms with E-state index in [9.17, 15) is 19.0 Å². The van der Waals surface area contributed by atoms with Crippen LogP contribution in [0.15, 0.2) is 24.3 Å². The zero-order valence-corrected chi connectivity index (χ0v) is 31.9. The largest absolute Gasteiger partial charge is 0.458 e. The van der Waals surface area contributed by atoms with Gasteiger partial charge in [-0.1, -0.05) is 141 Å². The molecule has 0 saturated carbocycles.